The molecule has 3 saturated carbocycles. The predicted octanol–water partition coefficient (Wildman–Crippen LogP) is 5.62. The SMILES string of the molecule is CN(C)C1CCCC1P(C1CCCCC1)C1CCCCC1. The number of hydrogen-bond donors (Lipinski definition) is 0. The first-order valence-electron chi connectivity index (χ1n) is 9.71. The van der Waals surface area contributed by atoms with E-state index in [1.54, 1.807) is 32.1 Å². The van der Waals surface area contributed by atoms with Crippen molar-refractivity contribution in [2.75, 3.05) is 14.1 Å². The second-order valence-corrected chi connectivity index (χ2v) is 11.1. The molecule has 3 aliphatic carbocycles. The van der Waals surface area contributed by atoms with Crippen molar-refractivity contribution in [2.45, 2.75) is 106 Å². The minimum absolute atomic E-state index is 0.288. The van der Waals surface area contributed by atoms with Crippen molar-refractivity contribution < 1.29 is 0 Å². The molecule has 0 aromatic rings. The Labute approximate surface area is 134 Å². The minimum atomic E-state index is 0.288. The third kappa shape index (κ3) is 3.84. The van der Waals surface area contributed by atoms with Crippen molar-refractivity contribution in [3.63, 3.8) is 0 Å². The maximum Gasteiger partial charge on any atom is 0.0157 e. The molecule has 3 aliphatic rings. The third-order valence-corrected chi connectivity index (χ3v) is 10.6. The molecule has 0 spiro atoms. The van der Waals surface area contributed by atoms with E-state index < -0.39 is 0 Å². The van der Waals surface area contributed by atoms with E-state index in [9.17, 15) is 0 Å². The van der Waals surface area contributed by atoms with Crippen LogP contribution in [0.3, 0.4) is 0 Å². The summed E-state index contributed by atoms with van der Waals surface area (Å²) in [7, 11) is 4.98. The van der Waals surface area contributed by atoms with Gasteiger partial charge in [0.1, 0.15) is 0 Å². The fourth-order valence-electron chi connectivity index (χ4n) is 5.47. The molecule has 3 fully saturated rings. The van der Waals surface area contributed by atoms with E-state index in [0.29, 0.717) is 0 Å². The Bertz CT molecular complexity index is 287. The quantitative estimate of drug-likeness (QED) is 0.609. The second-order valence-electron chi connectivity index (χ2n) is 8.06. The van der Waals surface area contributed by atoms with Crippen molar-refractivity contribution in [2.24, 2.45) is 0 Å². The monoisotopic (exact) mass is 309 g/mol. The molecule has 2 heteroatoms. The molecule has 0 N–H and O–H groups in total. The van der Waals surface area contributed by atoms with E-state index in [4.69, 9.17) is 0 Å². The summed E-state index contributed by atoms with van der Waals surface area (Å²) in [5.74, 6) is 0. The van der Waals surface area contributed by atoms with Crippen LogP contribution in [0.5, 0.6) is 0 Å². The molecular weight excluding hydrogens is 273 g/mol. The molecule has 0 amide bonds. The second kappa shape index (κ2) is 7.78. The van der Waals surface area contributed by atoms with E-state index >= 15 is 0 Å². The molecule has 0 aromatic carbocycles. The van der Waals surface area contributed by atoms with Crippen LogP contribution in [0, 0.1) is 0 Å². The fraction of sp³-hybridized carbons (Fsp3) is 1.00. The highest BCUT2D eigenvalue weighted by Crippen LogP contribution is 2.62. The molecule has 1 nitrogen and oxygen atoms in total. The Morgan fingerprint density at radius 2 is 1.14 bits per heavy atom. The van der Waals surface area contributed by atoms with Crippen LogP contribution in [0.1, 0.15) is 83.5 Å². The van der Waals surface area contributed by atoms with Gasteiger partial charge < -0.3 is 4.90 Å². The molecule has 0 bridgehead atoms. The normalized spacial score (nSPS) is 33.1. The summed E-state index contributed by atoms with van der Waals surface area (Å²) in [4.78, 5) is 2.58. The van der Waals surface area contributed by atoms with Gasteiger partial charge in [-0.1, -0.05) is 52.9 Å². The van der Waals surface area contributed by atoms with Gasteiger partial charge in [-0.25, -0.2) is 0 Å². The zero-order chi connectivity index (χ0) is 14.7. The molecule has 21 heavy (non-hydrogen) atoms. The van der Waals surface area contributed by atoms with Crippen molar-refractivity contribution in [3.8, 4) is 0 Å². The van der Waals surface area contributed by atoms with Gasteiger partial charge in [-0.3, -0.25) is 0 Å². The van der Waals surface area contributed by atoms with Gasteiger partial charge in [-0.05, 0) is 69.6 Å². The van der Waals surface area contributed by atoms with Crippen LogP contribution in [0.15, 0.2) is 0 Å². The highest BCUT2D eigenvalue weighted by atomic mass is 31.1. The number of rotatable bonds is 4. The summed E-state index contributed by atoms with van der Waals surface area (Å²) in [6, 6.07) is 0.917. The molecule has 2 unspecified atom stereocenters. The highest BCUT2D eigenvalue weighted by Gasteiger charge is 2.42. The predicted molar refractivity (Wildman–Crippen MR) is 95.8 cm³/mol. The zero-order valence-electron chi connectivity index (χ0n) is 14.4. The van der Waals surface area contributed by atoms with Crippen molar-refractivity contribution in [3.05, 3.63) is 0 Å². The Morgan fingerprint density at radius 3 is 1.62 bits per heavy atom. The van der Waals surface area contributed by atoms with Crippen LogP contribution >= 0.6 is 7.92 Å². The van der Waals surface area contributed by atoms with Gasteiger partial charge in [0, 0.05) is 6.04 Å². The smallest absolute Gasteiger partial charge is 0.0157 e. The lowest BCUT2D eigenvalue weighted by molar-refractivity contribution is 0.300. The summed E-state index contributed by atoms with van der Waals surface area (Å²) in [5.41, 5.74) is 3.37. The topological polar surface area (TPSA) is 3.24 Å². The van der Waals surface area contributed by atoms with Crippen LogP contribution in [-0.4, -0.2) is 42.0 Å². The zero-order valence-corrected chi connectivity index (χ0v) is 15.3. The van der Waals surface area contributed by atoms with Crippen LogP contribution in [0.4, 0.5) is 0 Å². The summed E-state index contributed by atoms with van der Waals surface area (Å²) in [5, 5.41) is 0. The molecule has 122 valence electrons. The summed E-state index contributed by atoms with van der Waals surface area (Å²) < 4.78 is 0. The maximum atomic E-state index is 2.58. The van der Waals surface area contributed by atoms with Gasteiger partial charge in [0.05, 0.1) is 0 Å². The summed E-state index contributed by atoms with van der Waals surface area (Å²) in [6.45, 7) is 0. The number of nitrogens with zero attached hydrogens (tertiary/aromatic N) is 1. The lowest BCUT2D eigenvalue weighted by Crippen LogP contribution is -2.38. The number of hydrogen-bond acceptors (Lipinski definition) is 1. The lowest BCUT2D eigenvalue weighted by atomic mass is 9.99. The fourth-order valence-corrected chi connectivity index (χ4v) is 10.4. The first kappa shape index (κ1) is 16.3. The van der Waals surface area contributed by atoms with E-state index in [0.717, 1.165) is 23.0 Å². The Kier molecular flexibility index (Phi) is 6.02. The lowest BCUT2D eigenvalue weighted by Gasteiger charge is -2.45. The third-order valence-electron chi connectivity index (χ3n) is 6.48. The van der Waals surface area contributed by atoms with E-state index in [2.05, 4.69) is 19.0 Å². The van der Waals surface area contributed by atoms with Gasteiger partial charge in [0.25, 0.3) is 0 Å². The molecule has 2 atom stereocenters. The van der Waals surface area contributed by atoms with E-state index in [1.807, 2.05) is 0 Å². The van der Waals surface area contributed by atoms with Crippen molar-refractivity contribution >= 4 is 7.92 Å². The highest BCUT2D eigenvalue weighted by molar-refractivity contribution is 7.60. The Hall–Kier alpha value is 0.390. The molecular formula is C19H36NP. The van der Waals surface area contributed by atoms with Gasteiger partial charge in [-0.15, -0.1) is 0 Å². The van der Waals surface area contributed by atoms with Gasteiger partial charge in [-0.2, -0.15) is 0 Å². The van der Waals surface area contributed by atoms with Gasteiger partial charge in [0.15, 0.2) is 0 Å². The largest absolute Gasteiger partial charge is 0.306 e. The Morgan fingerprint density at radius 1 is 0.619 bits per heavy atom. The first-order valence-corrected chi connectivity index (χ1v) is 11.3. The Balaban J connectivity index is 1.76. The minimum Gasteiger partial charge on any atom is -0.306 e. The first-order chi connectivity index (χ1) is 10.3. The molecule has 0 radical (unpaired) electrons. The molecule has 0 heterocycles. The molecule has 0 saturated heterocycles. The molecule has 0 aromatic heterocycles. The van der Waals surface area contributed by atoms with Crippen molar-refractivity contribution in [1.29, 1.82) is 0 Å². The van der Waals surface area contributed by atoms with Gasteiger partial charge >= 0.3 is 0 Å². The standard InChI is InChI=1S/C19H36NP/c1-20(2)18-14-9-15-19(18)21(16-10-5-3-6-11-16)17-12-7-4-8-13-17/h16-19H,3-15H2,1-2H3. The van der Waals surface area contributed by atoms with E-state index in [1.165, 1.54) is 51.4 Å². The van der Waals surface area contributed by atoms with Crippen LogP contribution in [0.2, 0.25) is 0 Å². The van der Waals surface area contributed by atoms with Crippen LogP contribution in [-0.2, 0) is 0 Å². The van der Waals surface area contributed by atoms with Crippen LogP contribution in [0.25, 0.3) is 0 Å². The van der Waals surface area contributed by atoms with Crippen molar-refractivity contribution in [1.82, 2.24) is 4.90 Å². The van der Waals surface area contributed by atoms with Gasteiger partial charge in [0.2, 0.25) is 0 Å². The average Bonchev–Trinajstić information content (AvgIpc) is 2.99. The molecule has 0 aliphatic heterocycles. The average molecular weight is 309 g/mol. The molecule has 3 rings (SSSR count). The van der Waals surface area contributed by atoms with E-state index in [-0.39, 0.29) is 7.92 Å². The summed E-state index contributed by atoms with van der Waals surface area (Å²) >= 11 is 0. The van der Waals surface area contributed by atoms with Crippen LogP contribution < -0.4 is 0 Å². The summed E-state index contributed by atoms with van der Waals surface area (Å²) in [6.07, 6.45) is 20.1. The maximum absolute atomic E-state index is 2.58.